The minimum Gasteiger partial charge on any atom is -0.314 e. The van der Waals surface area contributed by atoms with Crippen molar-refractivity contribution in [2.24, 2.45) is 0 Å². The van der Waals surface area contributed by atoms with Crippen molar-refractivity contribution in [3.63, 3.8) is 0 Å². The van der Waals surface area contributed by atoms with E-state index in [1.54, 1.807) is 23.1 Å². The van der Waals surface area contributed by atoms with Crippen molar-refractivity contribution >= 4 is 34.7 Å². The van der Waals surface area contributed by atoms with E-state index >= 15 is 0 Å². The molecule has 0 spiro atoms. The van der Waals surface area contributed by atoms with Crippen molar-refractivity contribution in [2.75, 3.05) is 13.3 Å². The molecule has 17 heavy (non-hydrogen) atoms. The third kappa shape index (κ3) is 3.01. The SMILES string of the molecule is CNCc1nc(-c2cc(Cl)ccc2SC)cs1. The summed E-state index contributed by atoms with van der Waals surface area (Å²) in [6.07, 6.45) is 2.06. The van der Waals surface area contributed by atoms with E-state index in [0.29, 0.717) is 0 Å². The van der Waals surface area contributed by atoms with Gasteiger partial charge in [-0.15, -0.1) is 23.1 Å². The Morgan fingerprint density at radius 1 is 1.47 bits per heavy atom. The van der Waals surface area contributed by atoms with Gasteiger partial charge in [-0.2, -0.15) is 0 Å². The molecule has 0 saturated carbocycles. The third-order valence-corrected chi connectivity index (χ3v) is 4.20. The normalized spacial score (nSPS) is 10.8. The first-order valence-corrected chi connectivity index (χ1v) is 7.65. The Balaban J connectivity index is 2.40. The smallest absolute Gasteiger partial charge is 0.107 e. The van der Waals surface area contributed by atoms with E-state index in [-0.39, 0.29) is 0 Å². The molecule has 5 heteroatoms. The van der Waals surface area contributed by atoms with Gasteiger partial charge in [0.15, 0.2) is 0 Å². The summed E-state index contributed by atoms with van der Waals surface area (Å²) >= 11 is 9.43. The molecule has 0 bridgehead atoms. The van der Waals surface area contributed by atoms with Crippen LogP contribution in [-0.4, -0.2) is 18.3 Å². The fourth-order valence-electron chi connectivity index (χ4n) is 1.55. The number of thiazole rings is 1. The molecular formula is C12H13ClN2S2. The van der Waals surface area contributed by atoms with Gasteiger partial charge in [-0.1, -0.05) is 11.6 Å². The maximum atomic E-state index is 6.05. The molecule has 0 aliphatic heterocycles. The number of hydrogen-bond donors (Lipinski definition) is 1. The molecule has 2 aromatic rings. The molecule has 1 aromatic heterocycles. The lowest BCUT2D eigenvalue weighted by atomic mass is 10.2. The average Bonchev–Trinajstić information content (AvgIpc) is 2.78. The fraction of sp³-hybridized carbons (Fsp3) is 0.250. The highest BCUT2D eigenvalue weighted by molar-refractivity contribution is 7.98. The van der Waals surface area contributed by atoms with Gasteiger partial charge in [-0.3, -0.25) is 0 Å². The first-order chi connectivity index (χ1) is 8.24. The minimum absolute atomic E-state index is 0.751. The van der Waals surface area contributed by atoms with Crippen molar-refractivity contribution in [2.45, 2.75) is 11.4 Å². The summed E-state index contributed by atoms with van der Waals surface area (Å²) in [5.74, 6) is 0. The number of benzene rings is 1. The van der Waals surface area contributed by atoms with Crippen LogP contribution in [0.15, 0.2) is 28.5 Å². The van der Waals surface area contributed by atoms with Crippen LogP contribution in [0, 0.1) is 0 Å². The van der Waals surface area contributed by atoms with Gasteiger partial charge in [-0.25, -0.2) is 4.98 Å². The van der Waals surface area contributed by atoms with Crippen molar-refractivity contribution in [1.82, 2.24) is 10.3 Å². The fourth-order valence-corrected chi connectivity index (χ4v) is 3.11. The molecule has 0 unspecified atom stereocenters. The van der Waals surface area contributed by atoms with Crippen LogP contribution in [0.5, 0.6) is 0 Å². The predicted octanol–water partition coefficient (Wildman–Crippen LogP) is 3.90. The molecule has 1 heterocycles. The zero-order valence-electron chi connectivity index (χ0n) is 9.66. The summed E-state index contributed by atoms with van der Waals surface area (Å²) < 4.78 is 0. The Labute approximate surface area is 114 Å². The zero-order valence-corrected chi connectivity index (χ0v) is 12.0. The lowest BCUT2D eigenvalue weighted by Gasteiger charge is -2.04. The van der Waals surface area contributed by atoms with E-state index in [0.717, 1.165) is 27.8 Å². The average molecular weight is 285 g/mol. The topological polar surface area (TPSA) is 24.9 Å². The number of halogens is 1. The highest BCUT2D eigenvalue weighted by Gasteiger charge is 2.09. The van der Waals surface area contributed by atoms with E-state index in [1.807, 2.05) is 25.2 Å². The number of hydrogen-bond acceptors (Lipinski definition) is 4. The first kappa shape index (κ1) is 12.9. The van der Waals surface area contributed by atoms with Crippen LogP contribution in [0.2, 0.25) is 5.02 Å². The van der Waals surface area contributed by atoms with Gasteiger partial charge < -0.3 is 5.32 Å². The number of rotatable bonds is 4. The van der Waals surface area contributed by atoms with Crippen LogP contribution in [-0.2, 0) is 6.54 Å². The maximum Gasteiger partial charge on any atom is 0.107 e. The lowest BCUT2D eigenvalue weighted by Crippen LogP contribution is -2.04. The van der Waals surface area contributed by atoms with Gasteiger partial charge in [-0.05, 0) is 31.5 Å². The summed E-state index contributed by atoms with van der Waals surface area (Å²) in [5.41, 5.74) is 2.12. The number of nitrogens with one attached hydrogen (secondary N) is 1. The Bertz CT molecular complexity index is 511. The van der Waals surface area contributed by atoms with Crippen LogP contribution in [0.4, 0.5) is 0 Å². The Kier molecular flexibility index (Phi) is 4.45. The van der Waals surface area contributed by atoms with Gasteiger partial charge in [0, 0.05) is 27.4 Å². The number of aromatic nitrogens is 1. The van der Waals surface area contributed by atoms with Gasteiger partial charge in [0.25, 0.3) is 0 Å². The van der Waals surface area contributed by atoms with E-state index in [1.165, 1.54) is 4.90 Å². The van der Waals surface area contributed by atoms with Crippen molar-refractivity contribution < 1.29 is 0 Å². The zero-order chi connectivity index (χ0) is 12.3. The standard InChI is InChI=1S/C12H13ClN2S2/c1-14-6-12-15-10(7-17-12)9-5-8(13)3-4-11(9)16-2/h3-5,7,14H,6H2,1-2H3. The monoisotopic (exact) mass is 284 g/mol. The molecule has 0 fully saturated rings. The van der Waals surface area contributed by atoms with Crippen LogP contribution in [0.25, 0.3) is 11.3 Å². The van der Waals surface area contributed by atoms with Crippen LogP contribution < -0.4 is 5.32 Å². The van der Waals surface area contributed by atoms with Crippen molar-refractivity contribution in [1.29, 1.82) is 0 Å². The second kappa shape index (κ2) is 5.87. The van der Waals surface area contributed by atoms with Gasteiger partial charge >= 0.3 is 0 Å². The second-order valence-electron chi connectivity index (χ2n) is 3.50. The molecule has 0 atom stereocenters. The molecule has 0 aliphatic rings. The van der Waals surface area contributed by atoms with Gasteiger partial charge in [0.2, 0.25) is 0 Å². The second-order valence-corrected chi connectivity index (χ2v) is 5.73. The largest absolute Gasteiger partial charge is 0.314 e. The maximum absolute atomic E-state index is 6.05. The molecule has 1 aromatic carbocycles. The molecule has 0 radical (unpaired) electrons. The molecule has 0 aliphatic carbocycles. The number of thioether (sulfide) groups is 1. The summed E-state index contributed by atoms with van der Waals surface area (Å²) in [7, 11) is 1.92. The van der Waals surface area contributed by atoms with E-state index in [9.17, 15) is 0 Å². The molecule has 2 nitrogen and oxygen atoms in total. The quantitative estimate of drug-likeness (QED) is 0.862. The lowest BCUT2D eigenvalue weighted by molar-refractivity contribution is 0.810. The van der Waals surface area contributed by atoms with Gasteiger partial charge in [0.05, 0.1) is 5.69 Å². The Morgan fingerprint density at radius 3 is 3.00 bits per heavy atom. The molecular weight excluding hydrogens is 272 g/mol. The Hall–Kier alpha value is -0.550. The van der Waals surface area contributed by atoms with Crippen molar-refractivity contribution in [3.8, 4) is 11.3 Å². The van der Waals surface area contributed by atoms with Crippen molar-refractivity contribution in [3.05, 3.63) is 33.6 Å². The highest BCUT2D eigenvalue weighted by atomic mass is 35.5. The summed E-state index contributed by atoms with van der Waals surface area (Å²) in [5, 5.41) is 7.03. The van der Waals surface area contributed by atoms with Crippen LogP contribution in [0.3, 0.4) is 0 Å². The molecule has 2 rings (SSSR count). The first-order valence-electron chi connectivity index (χ1n) is 5.17. The predicted molar refractivity (Wildman–Crippen MR) is 77.1 cm³/mol. The third-order valence-electron chi connectivity index (χ3n) is 2.32. The summed E-state index contributed by atoms with van der Waals surface area (Å²) in [6.45, 7) is 0.805. The van der Waals surface area contributed by atoms with E-state index in [2.05, 4.69) is 21.9 Å². The molecule has 0 saturated heterocycles. The van der Waals surface area contributed by atoms with Gasteiger partial charge in [0.1, 0.15) is 5.01 Å². The molecule has 0 amide bonds. The van der Waals surface area contributed by atoms with E-state index in [4.69, 9.17) is 11.6 Å². The highest BCUT2D eigenvalue weighted by Crippen LogP contribution is 2.33. The van der Waals surface area contributed by atoms with E-state index < -0.39 is 0 Å². The van der Waals surface area contributed by atoms with Crippen LogP contribution >= 0.6 is 34.7 Å². The summed E-state index contributed by atoms with van der Waals surface area (Å²) in [6, 6.07) is 5.93. The Morgan fingerprint density at radius 2 is 2.29 bits per heavy atom. The summed E-state index contributed by atoms with van der Waals surface area (Å²) in [4.78, 5) is 5.81. The minimum atomic E-state index is 0.751. The van der Waals surface area contributed by atoms with Crippen LogP contribution in [0.1, 0.15) is 5.01 Å². The molecule has 90 valence electrons. The number of nitrogens with zero attached hydrogens (tertiary/aromatic N) is 1. The molecule has 1 N–H and O–H groups in total.